The highest BCUT2D eigenvalue weighted by Crippen LogP contribution is 2.31. The summed E-state index contributed by atoms with van der Waals surface area (Å²) in [6, 6.07) is 14.8. The first kappa shape index (κ1) is 23.4. The van der Waals surface area contributed by atoms with E-state index in [1.54, 1.807) is 33.8 Å². The Morgan fingerprint density at radius 3 is 2.38 bits per heavy atom. The molecule has 1 saturated heterocycles. The number of halogens is 4. The first-order chi connectivity index (χ1) is 16.4. The van der Waals surface area contributed by atoms with Gasteiger partial charge in [0.2, 0.25) is 0 Å². The lowest BCUT2D eigenvalue weighted by atomic mass is 10.0. The average Bonchev–Trinajstić information content (AvgIpc) is 3.20. The molecule has 1 aliphatic heterocycles. The van der Waals surface area contributed by atoms with Gasteiger partial charge in [0.1, 0.15) is 5.82 Å². The molecule has 1 aliphatic rings. The van der Waals surface area contributed by atoms with Crippen LogP contribution in [0.5, 0.6) is 0 Å². The van der Waals surface area contributed by atoms with Crippen molar-refractivity contribution in [2.45, 2.75) is 18.9 Å². The van der Waals surface area contributed by atoms with Gasteiger partial charge in [0.25, 0.3) is 5.91 Å². The minimum absolute atomic E-state index is 0.141. The molecule has 2 aromatic carbocycles. The topological polar surface area (TPSA) is 62.5 Å². The Morgan fingerprint density at radius 1 is 1.00 bits per heavy atom. The van der Waals surface area contributed by atoms with Gasteiger partial charge in [0.05, 0.1) is 32.0 Å². The highest BCUT2D eigenvalue weighted by Gasteiger charge is 2.27. The Hall–Kier alpha value is -2.32. The lowest BCUT2D eigenvalue weighted by Crippen LogP contribution is -2.42. The molecule has 0 atom stereocenters. The average molecular weight is 580 g/mol. The Morgan fingerprint density at radius 2 is 1.68 bits per heavy atom. The van der Waals surface area contributed by atoms with Crippen LogP contribution < -0.4 is 5.32 Å². The number of carbonyl (C=O) groups is 1. The molecule has 3 heterocycles. The molecule has 6 nitrogen and oxygen atoms in total. The molecule has 0 saturated carbocycles. The van der Waals surface area contributed by atoms with Crippen LogP contribution in [0.4, 0.5) is 5.82 Å². The maximum absolute atomic E-state index is 13.0. The molecule has 0 aliphatic carbocycles. The van der Waals surface area contributed by atoms with E-state index in [4.69, 9.17) is 39.8 Å². The summed E-state index contributed by atoms with van der Waals surface area (Å²) in [5, 5.41) is 9.42. The molecule has 0 unspecified atom stereocenters. The Bertz CT molecular complexity index is 1360. The molecule has 4 aromatic rings. The smallest absolute Gasteiger partial charge is 0.256 e. The fraction of sp³-hybridized carbons (Fsp3) is 0.208. The van der Waals surface area contributed by atoms with E-state index in [1.165, 1.54) is 0 Å². The van der Waals surface area contributed by atoms with E-state index in [0.717, 1.165) is 34.4 Å². The van der Waals surface area contributed by atoms with Crippen molar-refractivity contribution in [2.75, 3.05) is 18.4 Å². The van der Waals surface area contributed by atoms with Gasteiger partial charge in [-0.25, -0.2) is 4.98 Å². The normalized spacial score (nSPS) is 14.5. The SMILES string of the molecule is O=C(c1c(Cl)cccc1Cl)N1CCC(Nc2cc(-c3ccccc3Cl)nc3c(Br)cnn23)CC1. The van der Waals surface area contributed by atoms with E-state index in [2.05, 4.69) is 26.3 Å². The van der Waals surface area contributed by atoms with Gasteiger partial charge in [-0.2, -0.15) is 9.61 Å². The van der Waals surface area contributed by atoms with Crippen LogP contribution in [0.3, 0.4) is 0 Å². The molecule has 34 heavy (non-hydrogen) atoms. The van der Waals surface area contributed by atoms with E-state index in [-0.39, 0.29) is 11.9 Å². The minimum Gasteiger partial charge on any atom is -0.367 e. The summed E-state index contributed by atoms with van der Waals surface area (Å²) in [5.41, 5.74) is 2.65. The van der Waals surface area contributed by atoms with Crippen LogP contribution in [0, 0.1) is 0 Å². The number of nitrogens with one attached hydrogen (secondary N) is 1. The lowest BCUT2D eigenvalue weighted by molar-refractivity contribution is 0.0719. The van der Waals surface area contributed by atoms with Gasteiger partial charge in [0, 0.05) is 35.8 Å². The zero-order chi connectivity index (χ0) is 23.8. The zero-order valence-electron chi connectivity index (χ0n) is 17.8. The van der Waals surface area contributed by atoms with Crippen molar-refractivity contribution in [2.24, 2.45) is 0 Å². The maximum atomic E-state index is 13.0. The van der Waals surface area contributed by atoms with Crippen LogP contribution in [0.2, 0.25) is 15.1 Å². The number of rotatable bonds is 4. The van der Waals surface area contributed by atoms with Crippen LogP contribution in [-0.2, 0) is 0 Å². The van der Waals surface area contributed by atoms with Crippen LogP contribution in [0.15, 0.2) is 59.2 Å². The van der Waals surface area contributed by atoms with E-state index in [9.17, 15) is 4.79 Å². The van der Waals surface area contributed by atoms with Crippen molar-refractivity contribution in [3.63, 3.8) is 0 Å². The number of aromatic nitrogens is 3. The molecule has 1 N–H and O–H groups in total. The number of hydrogen-bond acceptors (Lipinski definition) is 4. The monoisotopic (exact) mass is 577 g/mol. The standard InChI is InChI=1S/C24H19BrCl3N5O/c25-16-13-29-33-21(12-20(31-23(16)33)15-4-1-2-5-17(15)26)30-14-8-10-32(11-9-14)24(34)22-18(27)6-3-7-19(22)28/h1-7,12-14,30H,8-11H2. The second kappa shape index (κ2) is 9.74. The van der Waals surface area contributed by atoms with Gasteiger partial charge in [0.15, 0.2) is 5.65 Å². The third-order valence-electron chi connectivity index (χ3n) is 5.89. The summed E-state index contributed by atoms with van der Waals surface area (Å²) in [5.74, 6) is 0.668. The number of carbonyl (C=O) groups excluding carboxylic acids is 1. The molecule has 0 spiro atoms. The van der Waals surface area contributed by atoms with Crippen LogP contribution >= 0.6 is 50.7 Å². The molecule has 10 heteroatoms. The largest absolute Gasteiger partial charge is 0.367 e. The van der Waals surface area contributed by atoms with Gasteiger partial charge in [-0.05, 0) is 47.0 Å². The summed E-state index contributed by atoms with van der Waals surface area (Å²) >= 11 is 22.5. The molecule has 0 radical (unpaired) electrons. The lowest BCUT2D eigenvalue weighted by Gasteiger charge is -2.33. The first-order valence-corrected chi connectivity index (χ1v) is 12.6. The van der Waals surface area contributed by atoms with E-state index >= 15 is 0 Å². The third kappa shape index (κ3) is 4.50. The van der Waals surface area contributed by atoms with E-state index in [1.807, 2.05) is 30.3 Å². The molecule has 5 rings (SSSR count). The van der Waals surface area contributed by atoms with Crippen LogP contribution in [0.25, 0.3) is 16.9 Å². The molecule has 1 fully saturated rings. The summed E-state index contributed by atoms with van der Waals surface area (Å²) in [6.07, 6.45) is 3.25. The Labute approximate surface area is 220 Å². The van der Waals surface area contributed by atoms with Gasteiger partial charge in [-0.15, -0.1) is 0 Å². The molecule has 174 valence electrons. The molecular formula is C24H19BrCl3N5O. The number of nitrogens with zero attached hydrogens (tertiary/aromatic N) is 4. The van der Waals surface area contributed by atoms with Crippen molar-refractivity contribution >= 4 is 68.1 Å². The fourth-order valence-corrected chi connectivity index (χ4v) is 5.28. The Balaban J connectivity index is 1.37. The van der Waals surface area contributed by atoms with E-state index < -0.39 is 0 Å². The number of piperidine rings is 1. The van der Waals surface area contributed by atoms with Gasteiger partial charge in [-0.3, -0.25) is 4.79 Å². The second-order valence-electron chi connectivity index (χ2n) is 8.04. The van der Waals surface area contributed by atoms with Crippen LogP contribution in [-0.4, -0.2) is 44.5 Å². The number of benzene rings is 2. The number of amides is 1. The Kier molecular flexibility index (Phi) is 6.71. The summed E-state index contributed by atoms with van der Waals surface area (Å²) in [4.78, 5) is 19.6. The maximum Gasteiger partial charge on any atom is 0.256 e. The third-order valence-corrected chi connectivity index (χ3v) is 7.41. The quantitative estimate of drug-likeness (QED) is 0.288. The molecular weight excluding hydrogens is 561 g/mol. The summed E-state index contributed by atoms with van der Waals surface area (Å²) in [6.45, 7) is 1.18. The number of hydrogen-bond donors (Lipinski definition) is 1. The van der Waals surface area contributed by atoms with E-state index in [0.29, 0.717) is 39.4 Å². The summed E-state index contributed by atoms with van der Waals surface area (Å²) < 4.78 is 2.56. The van der Waals surface area contributed by atoms with Crippen LogP contribution in [0.1, 0.15) is 23.2 Å². The first-order valence-electron chi connectivity index (χ1n) is 10.7. The van der Waals surface area contributed by atoms with Crippen molar-refractivity contribution < 1.29 is 4.79 Å². The number of anilines is 1. The van der Waals surface area contributed by atoms with Crippen molar-refractivity contribution in [1.82, 2.24) is 19.5 Å². The molecule has 1 amide bonds. The molecule has 0 bridgehead atoms. The van der Waals surface area contributed by atoms with Crippen molar-refractivity contribution in [3.8, 4) is 11.3 Å². The number of likely N-dealkylation sites (tertiary alicyclic amines) is 1. The molecule has 2 aromatic heterocycles. The van der Waals surface area contributed by atoms with Gasteiger partial charge < -0.3 is 10.2 Å². The van der Waals surface area contributed by atoms with Crippen molar-refractivity contribution in [3.05, 3.63) is 79.8 Å². The predicted octanol–water partition coefficient (Wildman–Crippen LogP) is 6.84. The van der Waals surface area contributed by atoms with Gasteiger partial charge >= 0.3 is 0 Å². The zero-order valence-corrected chi connectivity index (χ0v) is 21.7. The summed E-state index contributed by atoms with van der Waals surface area (Å²) in [7, 11) is 0. The second-order valence-corrected chi connectivity index (χ2v) is 10.1. The minimum atomic E-state index is -0.141. The van der Waals surface area contributed by atoms with Gasteiger partial charge in [-0.1, -0.05) is 59.1 Å². The van der Waals surface area contributed by atoms with Crippen molar-refractivity contribution in [1.29, 1.82) is 0 Å². The highest BCUT2D eigenvalue weighted by atomic mass is 79.9. The predicted molar refractivity (Wildman–Crippen MR) is 140 cm³/mol. The number of fused-ring (bicyclic) bond motifs is 1. The fourth-order valence-electron chi connectivity index (χ4n) is 4.14. The highest BCUT2D eigenvalue weighted by molar-refractivity contribution is 9.10.